The van der Waals surface area contributed by atoms with Crippen LogP contribution in [0.4, 0.5) is 0 Å². The zero-order valence-electron chi connectivity index (χ0n) is 16.2. The second-order valence-corrected chi connectivity index (χ2v) is 9.60. The summed E-state index contributed by atoms with van der Waals surface area (Å²) in [5.74, 6) is -0.0724. The molecule has 0 bridgehead atoms. The van der Waals surface area contributed by atoms with E-state index in [2.05, 4.69) is 20.4 Å². The summed E-state index contributed by atoms with van der Waals surface area (Å²) in [6.07, 6.45) is 3.30. The summed E-state index contributed by atoms with van der Waals surface area (Å²) in [5.41, 5.74) is 0.897. The lowest BCUT2D eigenvalue weighted by Gasteiger charge is -2.52. The Morgan fingerprint density at radius 2 is 2.22 bits per heavy atom. The molecule has 2 aliphatic heterocycles. The van der Waals surface area contributed by atoms with Crippen LogP contribution in [0, 0.1) is 5.41 Å². The molecule has 0 unspecified atom stereocenters. The van der Waals surface area contributed by atoms with Crippen LogP contribution in [-0.4, -0.2) is 79.8 Å². The average Bonchev–Trinajstić information content (AvgIpc) is 3.06. The number of carbonyl (C=O) groups excluding carboxylic acids is 1. The summed E-state index contributed by atoms with van der Waals surface area (Å²) in [6, 6.07) is 1.53. The molecule has 27 heavy (non-hydrogen) atoms. The molecule has 0 spiro atoms. The lowest BCUT2D eigenvalue weighted by atomic mass is 9.68. The Hall–Kier alpha value is -1.49. The SMILES string of the molecule is COCc1cc(CNC(=O)[C@@]23CCCN(S(C)(=O)=O)[C@H]2CN(C)CC3)[nH]n1. The molecule has 2 atom stereocenters. The summed E-state index contributed by atoms with van der Waals surface area (Å²) in [7, 11) is 0.210. The molecule has 152 valence electrons. The fourth-order valence-electron chi connectivity index (χ4n) is 4.33. The predicted molar refractivity (Wildman–Crippen MR) is 100 cm³/mol. The normalized spacial score (nSPS) is 27.3. The number of amides is 1. The van der Waals surface area contributed by atoms with Gasteiger partial charge in [0, 0.05) is 20.2 Å². The lowest BCUT2D eigenvalue weighted by Crippen LogP contribution is -2.66. The first kappa shape index (κ1) is 20.2. The fourth-order valence-corrected chi connectivity index (χ4v) is 5.52. The van der Waals surface area contributed by atoms with E-state index >= 15 is 0 Å². The van der Waals surface area contributed by atoms with Gasteiger partial charge in [0.2, 0.25) is 15.9 Å². The molecular weight excluding hydrogens is 370 g/mol. The molecule has 9 nitrogen and oxygen atoms in total. The first-order valence-corrected chi connectivity index (χ1v) is 11.1. The van der Waals surface area contributed by atoms with Gasteiger partial charge in [0.05, 0.1) is 42.3 Å². The van der Waals surface area contributed by atoms with Crippen LogP contribution in [0.3, 0.4) is 0 Å². The van der Waals surface area contributed by atoms with Gasteiger partial charge in [-0.25, -0.2) is 8.42 Å². The molecule has 0 aliphatic carbocycles. The number of aromatic amines is 1. The van der Waals surface area contributed by atoms with Gasteiger partial charge >= 0.3 is 0 Å². The molecule has 1 aromatic heterocycles. The van der Waals surface area contributed by atoms with Crippen LogP contribution in [0.2, 0.25) is 0 Å². The van der Waals surface area contributed by atoms with Gasteiger partial charge in [-0.15, -0.1) is 0 Å². The molecule has 3 rings (SSSR count). The summed E-state index contributed by atoms with van der Waals surface area (Å²) in [4.78, 5) is 15.3. The highest BCUT2D eigenvalue weighted by Crippen LogP contribution is 2.43. The first-order chi connectivity index (χ1) is 12.8. The molecule has 2 saturated heterocycles. The number of piperidine rings is 2. The molecule has 2 fully saturated rings. The quantitative estimate of drug-likeness (QED) is 0.693. The molecular formula is C17H29N5O4S. The van der Waals surface area contributed by atoms with Gasteiger partial charge < -0.3 is 15.0 Å². The van der Waals surface area contributed by atoms with Gasteiger partial charge in [-0.1, -0.05) is 0 Å². The molecule has 3 heterocycles. The second-order valence-electron chi connectivity index (χ2n) is 7.66. The van der Waals surface area contributed by atoms with Crippen molar-refractivity contribution in [3.63, 3.8) is 0 Å². The van der Waals surface area contributed by atoms with Crippen LogP contribution in [0.1, 0.15) is 30.7 Å². The van der Waals surface area contributed by atoms with E-state index in [1.807, 2.05) is 13.1 Å². The third-order valence-corrected chi connectivity index (χ3v) is 6.99. The fraction of sp³-hybridized carbons (Fsp3) is 0.765. The maximum absolute atomic E-state index is 13.2. The number of hydrogen-bond acceptors (Lipinski definition) is 6. The number of likely N-dealkylation sites (N-methyl/N-ethyl adjacent to an activating group) is 1. The predicted octanol–water partition coefficient (Wildman–Crippen LogP) is -0.0818. The van der Waals surface area contributed by atoms with Crippen molar-refractivity contribution in [2.75, 3.05) is 40.0 Å². The number of carbonyl (C=O) groups is 1. The van der Waals surface area contributed by atoms with E-state index in [4.69, 9.17) is 4.74 Å². The Labute approximate surface area is 160 Å². The summed E-state index contributed by atoms with van der Waals surface area (Å²) in [5, 5.41) is 10.0. The first-order valence-electron chi connectivity index (χ1n) is 9.22. The van der Waals surface area contributed by atoms with E-state index in [9.17, 15) is 13.2 Å². The number of nitrogens with one attached hydrogen (secondary N) is 2. The molecule has 2 aliphatic rings. The van der Waals surface area contributed by atoms with Crippen molar-refractivity contribution in [1.29, 1.82) is 0 Å². The molecule has 0 radical (unpaired) electrons. The van der Waals surface area contributed by atoms with Crippen molar-refractivity contribution in [3.05, 3.63) is 17.5 Å². The van der Waals surface area contributed by atoms with Crippen LogP contribution in [0.15, 0.2) is 6.07 Å². The number of rotatable bonds is 6. The van der Waals surface area contributed by atoms with E-state index in [1.54, 1.807) is 7.11 Å². The molecule has 0 aromatic carbocycles. The second kappa shape index (κ2) is 7.86. The zero-order chi connectivity index (χ0) is 19.7. The Bertz CT molecular complexity index is 780. The van der Waals surface area contributed by atoms with E-state index in [0.717, 1.165) is 17.9 Å². The lowest BCUT2D eigenvalue weighted by molar-refractivity contribution is -0.141. The van der Waals surface area contributed by atoms with E-state index in [-0.39, 0.29) is 11.9 Å². The van der Waals surface area contributed by atoms with Crippen molar-refractivity contribution >= 4 is 15.9 Å². The van der Waals surface area contributed by atoms with Crippen LogP contribution < -0.4 is 5.32 Å². The Kier molecular flexibility index (Phi) is 5.90. The number of sulfonamides is 1. The van der Waals surface area contributed by atoms with Gasteiger partial charge in [0.25, 0.3) is 0 Å². The Morgan fingerprint density at radius 3 is 2.93 bits per heavy atom. The number of fused-ring (bicyclic) bond motifs is 1. The smallest absolute Gasteiger partial charge is 0.228 e. The van der Waals surface area contributed by atoms with Crippen molar-refractivity contribution in [3.8, 4) is 0 Å². The standard InChI is InChI=1S/C17H29N5O4S/c1-21-8-6-17(5-4-7-22(15(17)11-21)27(3,24)25)16(23)18-10-13-9-14(12-26-2)20-19-13/h9,15H,4-8,10-12H2,1-3H3,(H,18,23)(H,19,20)/t15-,17+/m0/s1. The van der Waals surface area contributed by atoms with Gasteiger partial charge in [-0.3, -0.25) is 9.89 Å². The maximum atomic E-state index is 13.2. The van der Waals surface area contributed by atoms with Crippen LogP contribution >= 0.6 is 0 Å². The van der Waals surface area contributed by atoms with E-state index in [0.29, 0.717) is 45.5 Å². The van der Waals surface area contributed by atoms with Crippen LogP contribution in [-0.2, 0) is 32.7 Å². The van der Waals surface area contributed by atoms with Crippen LogP contribution in [0.5, 0.6) is 0 Å². The third kappa shape index (κ3) is 4.18. The molecule has 10 heteroatoms. The number of ether oxygens (including phenoxy) is 1. The molecule has 2 N–H and O–H groups in total. The van der Waals surface area contributed by atoms with E-state index in [1.165, 1.54) is 10.6 Å². The summed E-state index contributed by atoms with van der Waals surface area (Å²) >= 11 is 0. The van der Waals surface area contributed by atoms with Gasteiger partial charge in [0.15, 0.2) is 0 Å². The molecule has 1 amide bonds. The van der Waals surface area contributed by atoms with Crippen LogP contribution in [0.25, 0.3) is 0 Å². The number of nitrogens with zero attached hydrogens (tertiary/aromatic N) is 3. The third-order valence-electron chi connectivity index (χ3n) is 5.70. The minimum atomic E-state index is -3.36. The minimum absolute atomic E-state index is 0.0724. The minimum Gasteiger partial charge on any atom is -0.378 e. The summed E-state index contributed by atoms with van der Waals surface area (Å²) < 4.78 is 31.2. The highest BCUT2D eigenvalue weighted by atomic mass is 32.2. The van der Waals surface area contributed by atoms with E-state index < -0.39 is 15.4 Å². The Morgan fingerprint density at radius 1 is 1.44 bits per heavy atom. The van der Waals surface area contributed by atoms with Gasteiger partial charge in [-0.05, 0) is 38.9 Å². The largest absolute Gasteiger partial charge is 0.378 e. The Balaban J connectivity index is 1.77. The maximum Gasteiger partial charge on any atom is 0.228 e. The van der Waals surface area contributed by atoms with Gasteiger partial charge in [0.1, 0.15) is 0 Å². The number of hydrogen-bond donors (Lipinski definition) is 2. The molecule has 1 aromatic rings. The zero-order valence-corrected chi connectivity index (χ0v) is 17.0. The highest BCUT2D eigenvalue weighted by Gasteiger charge is 2.54. The van der Waals surface area contributed by atoms with Crippen molar-refractivity contribution in [2.24, 2.45) is 5.41 Å². The number of H-pyrrole nitrogens is 1. The number of methoxy groups -OCH3 is 1. The number of likely N-dealkylation sites (tertiary alicyclic amines) is 1. The highest BCUT2D eigenvalue weighted by molar-refractivity contribution is 7.88. The van der Waals surface area contributed by atoms with Crippen molar-refractivity contribution in [2.45, 2.75) is 38.5 Å². The topological polar surface area (TPSA) is 108 Å². The number of aromatic nitrogens is 2. The van der Waals surface area contributed by atoms with Crippen molar-refractivity contribution in [1.82, 2.24) is 24.7 Å². The van der Waals surface area contributed by atoms with Crippen molar-refractivity contribution < 1.29 is 17.9 Å². The molecule has 0 saturated carbocycles. The monoisotopic (exact) mass is 399 g/mol. The average molecular weight is 400 g/mol. The van der Waals surface area contributed by atoms with Gasteiger partial charge in [-0.2, -0.15) is 9.40 Å². The summed E-state index contributed by atoms with van der Waals surface area (Å²) in [6.45, 7) is 2.57.